The molecule has 0 saturated heterocycles. The highest BCUT2D eigenvalue weighted by Crippen LogP contribution is 2.09. The number of carbonyl (C=O) groups excluding carboxylic acids is 3. The lowest BCUT2D eigenvalue weighted by Gasteiger charge is -2.20. The number of hydrogen-bond acceptors (Lipinski definition) is 6. The van der Waals surface area contributed by atoms with Gasteiger partial charge in [-0.05, 0) is 37.1 Å². The van der Waals surface area contributed by atoms with Crippen LogP contribution >= 0.6 is 0 Å². The van der Waals surface area contributed by atoms with E-state index in [0.29, 0.717) is 5.76 Å². The fraction of sp³-hybridized carbons (Fsp3) is 0.333. The van der Waals surface area contributed by atoms with Crippen molar-refractivity contribution < 1.29 is 28.0 Å². The molecule has 0 unspecified atom stereocenters. The molecule has 0 radical (unpaired) electrons. The van der Waals surface area contributed by atoms with Gasteiger partial charge in [-0.15, -0.1) is 0 Å². The van der Waals surface area contributed by atoms with Crippen molar-refractivity contribution >= 4 is 23.6 Å². The molecule has 0 spiro atoms. The van der Waals surface area contributed by atoms with E-state index in [2.05, 4.69) is 15.8 Å². The van der Waals surface area contributed by atoms with Crippen LogP contribution in [0.2, 0.25) is 0 Å². The van der Waals surface area contributed by atoms with Gasteiger partial charge in [0.05, 0.1) is 0 Å². The van der Waals surface area contributed by atoms with E-state index in [1.807, 2.05) is 0 Å². The number of amides is 2. The van der Waals surface area contributed by atoms with Crippen LogP contribution in [0.15, 0.2) is 34.9 Å². The molecule has 0 bridgehead atoms. The molecule has 0 fully saturated rings. The lowest BCUT2D eigenvalue weighted by molar-refractivity contribution is -0.150. The Labute approximate surface area is 155 Å². The van der Waals surface area contributed by atoms with Crippen molar-refractivity contribution in [2.45, 2.75) is 26.8 Å². The van der Waals surface area contributed by atoms with Crippen molar-refractivity contribution in [2.75, 3.05) is 11.9 Å². The van der Waals surface area contributed by atoms with Crippen LogP contribution in [-0.4, -0.2) is 35.6 Å². The van der Waals surface area contributed by atoms with Crippen molar-refractivity contribution in [1.82, 2.24) is 10.5 Å². The summed E-state index contributed by atoms with van der Waals surface area (Å²) in [5.41, 5.74) is 0.203. The zero-order valence-electron chi connectivity index (χ0n) is 15.1. The van der Waals surface area contributed by atoms with Gasteiger partial charge in [-0.3, -0.25) is 9.59 Å². The van der Waals surface area contributed by atoms with Crippen LogP contribution in [0, 0.1) is 18.7 Å². The molecule has 1 aromatic carbocycles. The molecular weight excluding hydrogens is 357 g/mol. The SMILES string of the molecule is Cc1cc(NC(=O)COC(=O)[C@@H](NC(=O)c2ccc(F)cc2)C(C)C)no1. The summed E-state index contributed by atoms with van der Waals surface area (Å²) in [6.07, 6.45) is 0. The summed E-state index contributed by atoms with van der Waals surface area (Å²) >= 11 is 0. The second-order valence-corrected chi connectivity index (χ2v) is 6.18. The van der Waals surface area contributed by atoms with E-state index in [9.17, 15) is 18.8 Å². The maximum absolute atomic E-state index is 12.9. The molecule has 8 nitrogen and oxygen atoms in total. The minimum Gasteiger partial charge on any atom is -0.454 e. The predicted molar refractivity (Wildman–Crippen MR) is 93.3 cm³/mol. The molecule has 1 aromatic heterocycles. The van der Waals surface area contributed by atoms with E-state index in [1.165, 1.54) is 18.2 Å². The molecule has 2 rings (SSSR count). The molecule has 2 N–H and O–H groups in total. The van der Waals surface area contributed by atoms with E-state index in [0.717, 1.165) is 12.1 Å². The molecule has 2 aromatic rings. The van der Waals surface area contributed by atoms with Crippen LogP contribution in [0.1, 0.15) is 30.0 Å². The summed E-state index contributed by atoms with van der Waals surface area (Å²) in [4.78, 5) is 36.3. The number of hydrogen-bond donors (Lipinski definition) is 2. The molecular formula is C18H20FN3O5. The Hall–Kier alpha value is -3.23. The Morgan fingerprint density at radius 2 is 1.89 bits per heavy atom. The largest absolute Gasteiger partial charge is 0.454 e. The average Bonchev–Trinajstić information content (AvgIpc) is 3.02. The molecule has 1 atom stereocenters. The number of anilines is 1. The van der Waals surface area contributed by atoms with Gasteiger partial charge in [-0.25, -0.2) is 9.18 Å². The summed E-state index contributed by atoms with van der Waals surface area (Å²) in [6.45, 7) is 4.56. The number of nitrogens with zero attached hydrogens (tertiary/aromatic N) is 1. The number of ether oxygens (including phenoxy) is 1. The van der Waals surface area contributed by atoms with Crippen LogP contribution in [-0.2, 0) is 14.3 Å². The molecule has 27 heavy (non-hydrogen) atoms. The summed E-state index contributed by atoms with van der Waals surface area (Å²) in [5.74, 6) is -1.93. The van der Waals surface area contributed by atoms with Gasteiger partial charge < -0.3 is 19.9 Å². The zero-order chi connectivity index (χ0) is 20.0. The van der Waals surface area contributed by atoms with E-state index >= 15 is 0 Å². The van der Waals surface area contributed by atoms with Gasteiger partial charge in [0.1, 0.15) is 17.6 Å². The van der Waals surface area contributed by atoms with Crippen LogP contribution in [0.4, 0.5) is 10.2 Å². The second-order valence-electron chi connectivity index (χ2n) is 6.18. The van der Waals surface area contributed by atoms with Gasteiger partial charge in [0.25, 0.3) is 11.8 Å². The normalized spacial score (nSPS) is 11.7. The van der Waals surface area contributed by atoms with Crippen LogP contribution < -0.4 is 10.6 Å². The molecule has 9 heteroatoms. The minimum absolute atomic E-state index is 0.203. The number of carbonyl (C=O) groups is 3. The Bertz CT molecular complexity index is 817. The van der Waals surface area contributed by atoms with Gasteiger partial charge >= 0.3 is 5.97 Å². The molecule has 2 amide bonds. The lowest BCUT2D eigenvalue weighted by Crippen LogP contribution is -2.45. The Morgan fingerprint density at radius 3 is 2.44 bits per heavy atom. The topological polar surface area (TPSA) is 111 Å². The molecule has 0 aliphatic rings. The van der Waals surface area contributed by atoms with Gasteiger partial charge in [-0.2, -0.15) is 0 Å². The summed E-state index contributed by atoms with van der Waals surface area (Å²) < 4.78 is 22.7. The van der Waals surface area contributed by atoms with Crippen molar-refractivity contribution in [3.05, 3.63) is 47.5 Å². The molecule has 0 saturated carbocycles. The smallest absolute Gasteiger partial charge is 0.329 e. The monoisotopic (exact) mass is 377 g/mol. The summed E-state index contributed by atoms with van der Waals surface area (Å²) in [7, 11) is 0. The molecule has 0 aliphatic heterocycles. The first kappa shape index (κ1) is 20.1. The Balaban J connectivity index is 1.91. The summed E-state index contributed by atoms with van der Waals surface area (Å²) in [6, 6.07) is 5.45. The number of aromatic nitrogens is 1. The van der Waals surface area contributed by atoms with E-state index in [1.54, 1.807) is 20.8 Å². The third kappa shape index (κ3) is 5.91. The van der Waals surface area contributed by atoms with Gasteiger partial charge in [0.2, 0.25) is 0 Å². The first-order valence-electron chi connectivity index (χ1n) is 8.22. The third-order valence-corrected chi connectivity index (χ3v) is 3.55. The second kappa shape index (κ2) is 8.93. The fourth-order valence-electron chi connectivity index (χ4n) is 2.15. The van der Waals surface area contributed by atoms with Gasteiger partial charge in [0.15, 0.2) is 12.4 Å². The maximum atomic E-state index is 12.9. The van der Waals surface area contributed by atoms with E-state index in [4.69, 9.17) is 9.26 Å². The first-order chi connectivity index (χ1) is 12.8. The Kier molecular flexibility index (Phi) is 6.64. The van der Waals surface area contributed by atoms with Gasteiger partial charge in [0, 0.05) is 11.6 Å². The number of aryl methyl sites for hydroxylation is 1. The number of halogens is 1. The fourth-order valence-corrected chi connectivity index (χ4v) is 2.15. The molecule has 144 valence electrons. The predicted octanol–water partition coefficient (Wildman–Crippen LogP) is 2.06. The highest BCUT2D eigenvalue weighted by Gasteiger charge is 2.27. The van der Waals surface area contributed by atoms with Crippen molar-refractivity contribution in [2.24, 2.45) is 5.92 Å². The average molecular weight is 377 g/mol. The quantitative estimate of drug-likeness (QED) is 0.715. The highest BCUT2D eigenvalue weighted by molar-refractivity contribution is 5.97. The van der Waals surface area contributed by atoms with Crippen LogP contribution in [0.25, 0.3) is 0 Å². The van der Waals surface area contributed by atoms with Gasteiger partial charge in [-0.1, -0.05) is 19.0 Å². The highest BCUT2D eigenvalue weighted by atomic mass is 19.1. The van der Waals surface area contributed by atoms with E-state index in [-0.39, 0.29) is 17.3 Å². The Morgan fingerprint density at radius 1 is 1.22 bits per heavy atom. The molecule has 1 heterocycles. The number of benzene rings is 1. The number of esters is 1. The van der Waals surface area contributed by atoms with Crippen LogP contribution in [0.3, 0.4) is 0 Å². The molecule has 0 aliphatic carbocycles. The van der Waals surface area contributed by atoms with Crippen LogP contribution in [0.5, 0.6) is 0 Å². The van der Waals surface area contributed by atoms with Crippen molar-refractivity contribution in [3.63, 3.8) is 0 Å². The lowest BCUT2D eigenvalue weighted by atomic mass is 10.0. The zero-order valence-corrected chi connectivity index (χ0v) is 15.1. The number of nitrogens with one attached hydrogen (secondary N) is 2. The first-order valence-corrected chi connectivity index (χ1v) is 8.22. The standard InChI is InChI=1S/C18H20FN3O5/c1-10(2)16(21-17(24)12-4-6-13(19)7-5-12)18(25)26-9-15(23)20-14-8-11(3)27-22-14/h4-8,10,16H,9H2,1-3H3,(H,21,24)(H,20,22,23)/t16-/m0/s1. The maximum Gasteiger partial charge on any atom is 0.329 e. The number of rotatable bonds is 7. The van der Waals surface area contributed by atoms with E-state index < -0.39 is 36.2 Å². The van der Waals surface area contributed by atoms with Crippen molar-refractivity contribution in [1.29, 1.82) is 0 Å². The summed E-state index contributed by atoms with van der Waals surface area (Å²) in [5, 5.41) is 8.54. The third-order valence-electron chi connectivity index (χ3n) is 3.55. The van der Waals surface area contributed by atoms with Crippen molar-refractivity contribution in [3.8, 4) is 0 Å². The minimum atomic E-state index is -0.968.